The summed E-state index contributed by atoms with van der Waals surface area (Å²) in [4.78, 5) is 32.0. The van der Waals surface area contributed by atoms with E-state index in [1.54, 1.807) is 12.4 Å². The summed E-state index contributed by atoms with van der Waals surface area (Å²) in [5, 5.41) is 12.3. The Morgan fingerprint density at radius 2 is 1.96 bits per heavy atom. The average Bonchev–Trinajstić information content (AvgIpc) is 3.38. The number of nitrogens with one attached hydrogen (secondary N) is 2. The minimum absolute atomic E-state index is 0.183. The molecule has 0 spiro atoms. The first kappa shape index (κ1) is 16.3. The van der Waals surface area contributed by atoms with E-state index in [2.05, 4.69) is 15.3 Å². The molecule has 1 amide bonds. The number of carbonyl (C=O) groups is 2. The molecule has 2 aromatic heterocycles. The number of carbonyl (C=O) groups excluding carboxylic acids is 1. The molecular weight excluding hydrogens is 330 g/mol. The molecule has 132 valence electrons. The fraction of sp³-hybridized carbons (Fsp3) is 0.250. The number of pyridine rings is 1. The van der Waals surface area contributed by atoms with Gasteiger partial charge in [0, 0.05) is 18.8 Å². The maximum Gasteiger partial charge on any atom is 0.326 e. The lowest BCUT2D eigenvalue weighted by atomic mass is 9.94. The summed E-state index contributed by atoms with van der Waals surface area (Å²) >= 11 is 0. The van der Waals surface area contributed by atoms with Crippen molar-refractivity contribution in [2.45, 2.75) is 30.7 Å². The number of carboxylic acids is 1. The SMILES string of the molecule is O=C(O)C(Cc1c[nH]c2cccnc12)NC(=O)C1(c2ccccc2)CC1. The van der Waals surface area contributed by atoms with Crippen molar-refractivity contribution in [3.05, 3.63) is 66.0 Å². The van der Waals surface area contributed by atoms with Gasteiger partial charge in [-0.1, -0.05) is 30.3 Å². The van der Waals surface area contributed by atoms with E-state index in [-0.39, 0.29) is 12.3 Å². The highest BCUT2D eigenvalue weighted by Gasteiger charge is 2.51. The fourth-order valence-electron chi connectivity index (χ4n) is 3.41. The van der Waals surface area contributed by atoms with Gasteiger partial charge in [-0.05, 0) is 36.1 Å². The minimum atomic E-state index is -1.05. The van der Waals surface area contributed by atoms with Gasteiger partial charge >= 0.3 is 5.97 Å². The maximum absolute atomic E-state index is 12.8. The molecule has 1 unspecified atom stereocenters. The van der Waals surface area contributed by atoms with Crippen LogP contribution in [-0.4, -0.2) is 33.0 Å². The van der Waals surface area contributed by atoms with Crippen LogP contribution in [0.4, 0.5) is 0 Å². The molecule has 0 bridgehead atoms. The summed E-state index contributed by atoms with van der Waals surface area (Å²) < 4.78 is 0. The summed E-state index contributed by atoms with van der Waals surface area (Å²) in [5.74, 6) is -1.27. The standard InChI is InChI=1S/C20H19N3O3/c24-18(25)16(11-13-12-22-15-7-4-10-21-17(13)15)23-19(26)20(8-9-20)14-5-2-1-3-6-14/h1-7,10,12,16,22H,8-9,11H2,(H,23,26)(H,24,25). The Labute approximate surface area is 150 Å². The molecule has 3 aromatic rings. The number of carboxylic acid groups (broad SMARTS) is 1. The second kappa shape index (κ2) is 6.29. The van der Waals surface area contributed by atoms with Gasteiger partial charge in [0.15, 0.2) is 0 Å². The molecule has 1 aliphatic rings. The third kappa shape index (κ3) is 2.83. The van der Waals surface area contributed by atoms with E-state index in [1.165, 1.54) is 0 Å². The van der Waals surface area contributed by atoms with Crippen molar-refractivity contribution in [2.75, 3.05) is 0 Å². The number of amides is 1. The van der Waals surface area contributed by atoms with Gasteiger partial charge in [-0.15, -0.1) is 0 Å². The molecule has 6 heteroatoms. The molecule has 26 heavy (non-hydrogen) atoms. The van der Waals surface area contributed by atoms with Crippen LogP contribution in [0.5, 0.6) is 0 Å². The average molecular weight is 349 g/mol. The van der Waals surface area contributed by atoms with E-state index in [0.29, 0.717) is 0 Å². The lowest BCUT2D eigenvalue weighted by Gasteiger charge is -2.20. The van der Waals surface area contributed by atoms with Crippen LogP contribution in [-0.2, 0) is 21.4 Å². The first-order valence-electron chi connectivity index (χ1n) is 8.60. The van der Waals surface area contributed by atoms with Crippen LogP contribution >= 0.6 is 0 Å². The highest BCUT2D eigenvalue weighted by Crippen LogP contribution is 2.48. The van der Waals surface area contributed by atoms with Crippen molar-refractivity contribution in [1.82, 2.24) is 15.3 Å². The Kier molecular flexibility index (Phi) is 3.95. The van der Waals surface area contributed by atoms with Crippen LogP contribution in [0.25, 0.3) is 11.0 Å². The number of aliphatic carboxylic acids is 1. The van der Waals surface area contributed by atoms with Crippen LogP contribution in [0.3, 0.4) is 0 Å². The zero-order valence-corrected chi connectivity index (χ0v) is 14.1. The molecule has 1 aliphatic carbocycles. The van der Waals surface area contributed by atoms with Crippen LogP contribution in [0.15, 0.2) is 54.9 Å². The van der Waals surface area contributed by atoms with E-state index in [9.17, 15) is 14.7 Å². The van der Waals surface area contributed by atoms with E-state index in [0.717, 1.165) is 35.0 Å². The molecule has 0 aliphatic heterocycles. The van der Waals surface area contributed by atoms with Crippen molar-refractivity contribution in [3.63, 3.8) is 0 Å². The zero-order chi connectivity index (χ0) is 18.1. The second-order valence-electron chi connectivity index (χ2n) is 6.73. The van der Waals surface area contributed by atoms with Crippen molar-refractivity contribution in [2.24, 2.45) is 0 Å². The Morgan fingerprint density at radius 1 is 1.19 bits per heavy atom. The summed E-state index contributed by atoms with van der Waals surface area (Å²) in [5.41, 5.74) is 2.71. The zero-order valence-electron chi connectivity index (χ0n) is 14.1. The highest BCUT2D eigenvalue weighted by atomic mass is 16.4. The van der Waals surface area contributed by atoms with Crippen LogP contribution in [0.1, 0.15) is 24.0 Å². The number of rotatable bonds is 6. The molecule has 3 N–H and O–H groups in total. The first-order chi connectivity index (χ1) is 12.6. The van der Waals surface area contributed by atoms with Gasteiger partial charge in [0.1, 0.15) is 6.04 Å². The lowest BCUT2D eigenvalue weighted by molar-refractivity contribution is -0.142. The largest absolute Gasteiger partial charge is 0.480 e. The first-order valence-corrected chi connectivity index (χ1v) is 8.60. The van der Waals surface area contributed by atoms with E-state index in [1.807, 2.05) is 42.5 Å². The predicted molar refractivity (Wildman–Crippen MR) is 96.7 cm³/mol. The van der Waals surface area contributed by atoms with Gasteiger partial charge in [-0.2, -0.15) is 0 Å². The maximum atomic E-state index is 12.8. The summed E-state index contributed by atoms with van der Waals surface area (Å²) in [6, 6.07) is 12.2. The Hall–Kier alpha value is -3.15. The van der Waals surface area contributed by atoms with Gasteiger partial charge in [0.2, 0.25) is 5.91 Å². The summed E-state index contributed by atoms with van der Waals surface area (Å²) in [7, 11) is 0. The van der Waals surface area contributed by atoms with Gasteiger partial charge < -0.3 is 15.4 Å². The number of H-pyrrole nitrogens is 1. The van der Waals surface area contributed by atoms with E-state index in [4.69, 9.17) is 0 Å². The number of aromatic amines is 1. The Morgan fingerprint density at radius 3 is 2.65 bits per heavy atom. The molecule has 2 heterocycles. The van der Waals surface area contributed by atoms with Crippen molar-refractivity contribution in [1.29, 1.82) is 0 Å². The van der Waals surface area contributed by atoms with E-state index >= 15 is 0 Å². The third-order valence-corrected chi connectivity index (χ3v) is 5.05. The number of aromatic nitrogens is 2. The number of hydrogen-bond donors (Lipinski definition) is 3. The van der Waals surface area contributed by atoms with Crippen molar-refractivity contribution >= 4 is 22.9 Å². The van der Waals surface area contributed by atoms with Gasteiger partial charge in [0.25, 0.3) is 0 Å². The summed E-state index contributed by atoms with van der Waals surface area (Å²) in [6.45, 7) is 0. The predicted octanol–water partition coefficient (Wildman–Crippen LogP) is 2.41. The monoisotopic (exact) mass is 349 g/mol. The lowest BCUT2D eigenvalue weighted by Crippen LogP contribution is -2.46. The Bertz CT molecular complexity index is 961. The molecule has 1 fully saturated rings. The van der Waals surface area contributed by atoms with Crippen LogP contribution < -0.4 is 5.32 Å². The number of fused-ring (bicyclic) bond motifs is 1. The topological polar surface area (TPSA) is 95.1 Å². The molecule has 6 nitrogen and oxygen atoms in total. The number of hydrogen-bond acceptors (Lipinski definition) is 3. The van der Waals surface area contributed by atoms with Crippen LogP contribution in [0, 0.1) is 0 Å². The van der Waals surface area contributed by atoms with Gasteiger partial charge in [-0.25, -0.2) is 4.79 Å². The Balaban J connectivity index is 1.54. The van der Waals surface area contributed by atoms with Crippen molar-refractivity contribution < 1.29 is 14.7 Å². The van der Waals surface area contributed by atoms with Gasteiger partial charge in [0.05, 0.1) is 16.4 Å². The summed E-state index contributed by atoms with van der Waals surface area (Å²) in [6.07, 6.45) is 5.09. The number of nitrogens with zero attached hydrogens (tertiary/aromatic N) is 1. The molecule has 0 saturated heterocycles. The third-order valence-electron chi connectivity index (χ3n) is 5.05. The quantitative estimate of drug-likeness (QED) is 0.637. The van der Waals surface area contributed by atoms with Gasteiger partial charge in [-0.3, -0.25) is 9.78 Å². The molecule has 1 saturated carbocycles. The highest BCUT2D eigenvalue weighted by molar-refractivity contribution is 5.94. The molecular formula is C20H19N3O3. The number of benzene rings is 1. The molecule has 0 radical (unpaired) electrons. The molecule has 4 rings (SSSR count). The fourth-order valence-corrected chi connectivity index (χ4v) is 3.41. The normalized spacial score (nSPS) is 16.2. The molecule has 1 atom stereocenters. The molecule has 1 aromatic carbocycles. The minimum Gasteiger partial charge on any atom is -0.480 e. The van der Waals surface area contributed by atoms with E-state index < -0.39 is 17.4 Å². The smallest absolute Gasteiger partial charge is 0.326 e. The second-order valence-corrected chi connectivity index (χ2v) is 6.73. The van der Waals surface area contributed by atoms with Crippen LogP contribution in [0.2, 0.25) is 0 Å². The van der Waals surface area contributed by atoms with Crippen molar-refractivity contribution in [3.8, 4) is 0 Å².